The van der Waals surface area contributed by atoms with Gasteiger partial charge in [0.15, 0.2) is 5.17 Å². The molecule has 1 heterocycles. The van der Waals surface area contributed by atoms with Crippen LogP contribution in [-0.4, -0.2) is 42.0 Å². The Kier molecular flexibility index (Phi) is 5.73. The predicted octanol–water partition coefficient (Wildman–Crippen LogP) is 2.59. The highest BCUT2D eigenvalue weighted by molar-refractivity contribution is 8.14. The van der Waals surface area contributed by atoms with Crippen LogP contribution in [0.4, 0.5) is 0 Å². The number of rotatable bonds is 6. The largest absolute Gasteiger partial charge is 0.365 e. The third-order valence-corrected chi connectivity index (χ3v) is 4.14. The number of hydrogen-bond acceptors (Lipinski definition) is 4. The van der Waals surface area contributed by atoms with Crippen LogP contribution in [-0.2, 0) is 6.54 Å². The van der Waals surface area contributed by atoms with E-state index in [4.69, 9.17) is 0 Å². The van der Waals surface area contributed by atoms with Gasteiger partial charge in [-0.2, -0.15) is 0 Å². The van der Waals surface area contributed by atoms with Crippen LogP contribution in [0.25, 0.3) is 0 Å². The van der Waals surface area contributed by atoms with Gasteiger partial charge < -0.3 is 10.2 Å². The summed E-state index contributed by atoms with van der Waals surface area (Å²) in [6.45, 7) is 6.32. The van der Waals surface area contributed by atoms with Gasteiger partial charge >= 0.3 is 0 Å². The fourth-order valence-corrected chi connectivity index (χ4v) is 2.96. The molecule has 0 bridgehead atoms. The van der Waals surface area contributed by atoms with Gasteiger partial charge in [-0.05, 0) is 25.6 Å². The normalized spacial score (nSPS) is 18.7. The first kappa shape index (κ1) is 14.4. The van der Waals surface area contributed by atoms with Crippen molar-refractivity contribution in [3.8, 4) is 0 Å². The van der Waals surface area contributed by atoms with Crippen LogP contribution >= 0.6 is 11.8 Å². The van der Waals surface area contributed by atoms with E-state index in [2.05, 4.69) is 59.5 Å². The van der Waals surface area contributed by atoms with E-state index in [0.717, 1.165) is 37.8 Å². The van der Waals surface area contributed by atoms with Crippen molar-refractivity contribution in [1.82, 2.24) is 10.2 Å². The molecule has 0 saturated carbocycles. The van der Waals surface area contributed by atoms with Crippen LogP contribution in [0.2, 0.25) is 0 Å². The molecule has 1 aliphatic heterocycles. The second kappa shape index (κ2) is 7.56. The number of amidine groups is 1. The molecule has 0 aliphatic carbocycles. The molecule has 1 aromatic carbocycles. The zero-order valence-corrected chi connectivity index (χ0v) is 12.6. The van der Waals surface area contributed by atoms with Crippen molar-refractivity contribution in [1.29, 1.82) is 0 Å². The van der Waals surface area contributed by atoms with Gasteiger partial charge in [0, 0.05) is 18.3 Å². The fraction of sp³-hybridized carbons (Fsp3) is 0.533. The summed E-state index contributed by atoms with van der Waals surface area (Å²) in [5.41, 5.74) is 1.38. The average Bonchev–Trinajstić information content (AvgIpc) is 2.82. The van der Waals surface area contributed by atoms with Gasteiger partial charge in [0.25, 0.3) is 0 Å². The molecule has 0 spiro atoms. The quantitative estimate of drug-likeness (QED) is 0.810. The Labute approximate surface area is 120 Å². The molecular weight excluding hydrogens is 254 g/mol. The van der Waals surface area contributed by atoms with Crippen molar-refractivity contribution in [3.63, 3.8) is 0 Å². The lowest BCUT2D eigenvalue weighted by molar-refractivity contribution is 0.322. The van der Waals surface area contributed by atoms with E-state index in [1.54, 1.807) is 0 Å². The van der Waals surface area contributed by atoms with Crippen LogP contribution in [0.5, 0.6) is 0 Å². The van der Waals surface area contributed by atoms with Crippen molar-refractivity contribution < 1.29 is 0 Å². The monoisotopic (exact) mass is 277 g/mol. The first-order chi connectivity index (χ1) is 9.24. The zero-order chi connectivity index (χ0) is 13.5. The maximum atomic E-state index is 4.46. The molecular formula is C15H23N3S. The predicted molar refractivity (Wildman–Crippen MR) is 84.8 cm³/mol. The summed E-state index contributed by atoms with van der Waals surface area (Å²) in [6, 6.07) is 10.6. The maximum absolute atomic E-state index is 4.46. The van der Waals surface area contributed by atoms with Crippen molar-refractivity contribution in [3.05, 3.63) is 35.9 Å². The number of hydrogen-bond donors (Lipinski definition) is 1. The van der Waals surface area contributed by atoms with E-state index in [9.17, 15) is 0 Å². The lowest BCUT2D eigenvalue weighted by Crippen LogP contribution is -2.26. The Morgan fingerprint density at radius 1 is 1.37 bits per heavy atom. The number of nitrogens with one attached hydrogen (secondary N) is 1. The van der Waals surface area contributed by atoms with Gasteiger partial charge in [0.05, 0.1) is 6.54 Å². The lowest BCUT2D eigenvalue weighted by Gasteiger charge is -2.16. The molecule has 4 heteroatoms. The summed E-state index contributed by atoms with van der Waals surface area (Å²) in [5, 5.41) is 5.18. The smallest absolute Gasteiger partial charge is 0.156 e. The summed E-state index contributed by atoms with van der Waals surface area (Å²) in [4.78, 5) is 6.82. The highest BCUT2D eigenvalue weighted by Gasteiger charge is 2.13. The lowest BCUT2D eigenvalue weighted by atomic mass is 10.2. The molecule has 1 atom stereocenters. The third-order valence-electron chi connectivity index (χ3n) is 3.09. The van der Waals surface area contributed by atoms with E-state index in [0.29, 0.717) is 5.25 Å². The van der Waals surface area contributed by atoms with Crippen molar-refractivity contribution in [2.24, 2.45) is 4.99 Å². The summed E-state index contributed by atoms with van der Waals surface area (Å²) in [5.74, 6) is 0. The van der Waals surface area contributed by atoms with Gasteiger partial charge in [-0.3, -0.25) is 4.99 Å². The molecule has 0 aromatic heterocycles. The molecule has 1 aromatic rings. The summed E-state index contributed by atoms with van der Waals surface area (Å²) in [6.07, 6.45) is 1.15. The van der Waals surface area contributed by atoms with Crippen molar-refractivity contribution in [2.75, 3.05) is 26.7 Å². The molecule has 0 amide bonds. The molecule has 19 heavy (non-hydrogen) atoms. The van der Waals surface area contributed by atoms with E-state index in [-0.39, 0.29) is 0 Å². The average molecular weight is 277 g/mol. The summed E-state index contributed by atoms with van der Waals surface area (Å²) < 4.78 is 0. The van der Waals surface area contributed by atoms with E-state index in [1.165, 1.54) is 5.56 Å². The van der Waals surface area contributed by atoms with Gasteiger partial charge in [-0.1, -0.05) is 49.0 Å². The van der Waals surface area contributed by atoms with Gasteiger partial charge in [0.1, 0.15) is 0 Å². The summed E-state index contributed by atoms with van der Waals surface area (Å²) >= 11 is 1.85. The van der Waals surface area contributed by atoms with Crippen molar-refractivity contribution in [2.45, 2.75) is 25.1 Å². The second-order valence-electron chi connectivity index (χ2n) is 5.08. The molecule has 0 saturated heterocycles. The minimum Gasteiger partial charge on any atom is -0.365 e. The standard InChI is InChI=1S/C15H23N3S/c1-13-11-17-15(19-13)16-9-6-10-18(2)12-14-7-4-3-5-8-14/h3-5,7-8,13H,6,9-12H2,1-2H3,(H,16,17). The van der Waals surface area contributed by atoms with Crippen LogP contribution in [0, 0.1) is 0 Å². The van der Waals surface area contributed by atoms with Gasteiger partial charge in [0.2, 0.25) is 0 Å². The Balaban J connectivity index is 1.58. The van der Waals surface area contributed by atoms with Crippen LogP contribution in [0.3, 0.4) is 0 Å². The topological polar surface area (TPSA) is 27.6 Å². The molecule has 3 nitrogen and oxygen atoms in total. The Bertz CT molecular complexity index is 405. The number of aliphatic imine (C=N–C) groups is 1. The van der Waals surface area contributed by atoms with Crippen LogP contribution < -0.4 is 5.32 Å². The van der Waals surface area contributed by atoms with E-state index in [1.807, 2.05) is 11.8 Å². The fourth-order valence-electron chi connectivity index (χ4n) is 2.09. The highest BCUT2D eigenvalue weighted by atomic mass is 32.2. The van der Waals surface area contributed by atoms with Crippen molar-refractivity contribution >= 4 is 16.9 Å². The first-order valence-corrected chi connectivity index (χ1v) is 7.79. The summed E-state index contributed by atoms with van der Waals surface area (Å²) in [7, 11) is 2.18. The van der Waals surface area contributed by atoms with Gasteiger partial charge in [-0.15, -0.1) is 0 Å². The first-order valence-electron chi connectivity index (χ1n) is 6.91. The zero-order valence-electron chi connectivity index (χ0n) is 11.8. The van der Waals surface area contributed by atoms with Gasteiger partial charge in [-0.25, -0.2) is 0 Å². The third kappa shape index (κ3) is 5.25. The molecule has 2 rings (SSSR count). The van der Waals surface area contributed by atoms with Crippen LogP contribution in [0.1, 0.15) is 18.9 Å². The van der Waals surface area contributed by atoms with Crippen LogP contribution in [0.15, 0.2) is 35.3 Å². The maximum Gasteiger partial charge on any atom is 0.156 e. The van der Waals surface area contributed by atoms with E-state index >= 15 is 0 Å². The number of benzene rings is 1. The number of thioether (sulfide) groups is 1. The molecule has 1 unspecified atom stereocenters. The highest BCUT2D eigenvalue weighted by Crippen LogP contribution is 2.18. The van der Waals surface area contributed by atoms with E-state index < -0.39 is 0 Å². The molecule has 0 radical (unpaired) electrons. The molecule has 1 N–H and O–H groups in total. The number of nitrogens with zero attached hydrogens (tertiary/aromatic N) is 2. The Morgan fingerprint density at radius 2 is 2.16 bits per heavy atom. The molecule has 0 fully saturated rings. The second-order valence-corrected chi connectivity index (χ2v) is 6.51. The SMILES string of the molecule is CC1CN=C(NCCCN(C)Cc2ccccc2)S1. The molecule has 104 valence electrons. The Morgan fingerprint density at radius 3 is 2.84 bits per heavy atom. The minimum absolute atomic E-state index is 0.642. The molecule has 1 aliphatic rings. The minimum atomic E-state index is 0.642. The Hall–Kier alpha value is -1.00.